The van der Waals surface area contributed by atoms with Crippen LogP contribution < -0.4 is 5.32 Å². The molecule has 0 unspecified atom stereocenters. The van der Waals surface area contributed by atoms with Crippen LogP contribution in [0, 0.1) is 0 Å². The summed E-state index contributed by atoms with van der Waals surface area (Å²) in [6.45, 7) is 1.23. The van der Waals surface area contributed by atoms with E-state index in [0.717, 1.165) is 0 Å². The zero-order chi connectivity index (χ0) is 11.3. The highest BCUT2D eigenvalue weighted by atomic mass is 16.4. The second-order valence-corrected chi connectivity index (χ2v) is 2.72. The molecule has 1 aromatic rings. The molecule has 2 N–H and O–H groups in total. The lowest BCUT2D eigenvalue weighted by atomic mass is 10.2. The minimum atomic E-state index is -1.21. The summed E-state index contributed by atoms with van der Waals surface area (Å²) in [5.41, 5.74) is 0.293. The largest absolute Gasteiger partial charge is 0.477 e. The number of hydrogen-bond acceptors (Lipinski definition) is 4. The Kier molecular flexibility index (Phi) is 3.50. The molecule has 0 saturated carbocycles. The van der Waals surface area contributed by atoms with E-state index in [0.29, 0.717) is 5.56 Å². The van der Waals surface area contributed by atoms with Gasteiger partial charge in [0.2, 0.25) is 5.91 Å². The lowest BCUT2D eigenvalue weighted by molar-refractivity contribution is -0.134. The van der Waals surface area contributed by atoms with Crippen LogP contribution >= 0.6 is 0 Å². The Hall–Kier alpha value is -2.24. The molecule has 0 bridgehead atoms. The van der Waals surface area contributed by atoms with Gasteiger partial charge in [0.05, 0.1) is 0 Å². The summed E-state index contributed by atoms with van der Waals surface area (Å²) in [5.74, 6) is -1.66. The van der Waals surface area contributed by atoms with Crippen molar-refractivity contribution in [2.45, 2.75) is 6.92 Å². The van der Waals surface area contributed by atoms with Crippen molar-refractivity contribution in [1.29, 1.82) is 0 Å². The van der Waals surface area contributed by atoms with Crippen molar-refractivity contribution in [3.8, 4) is 0 Å². The first kappa shape index (κ1) is 10.8. The minimum absolute atomic E-state index is 0.211. The number of nitrogens with one attached hydrogen (secondary N) is 1. The summed E-state index contributed by atoms with van der Waals surface area (Å²) < 4.78 is 0. The second-order valence-electron chi connectivity index (χ2n) is 2.72. The van der Waals surface area contributed by atoms with Gasteiger partial charge < -0.3 is 10.4 Å². The van der Waals surface area contributed by atoms with E-state index >= 15 is 0 Å². The summed E-state index contributed by atoms with van der Waals surface area (Å²) in [6.07, 6.45) is 5.50. The smallest absolute Gasteiger partial charge is 0.352 e. The Labute approximate surface area is 85.7 Å². The van der Waals surface area contributed by atoms with E-state index in [1.165, 1.54) is 31.7 Å². The van der Waals surface area contributed by atoms with Crippen molar-refractivity contribution in [2.24, 2.45) is 0 Å². The number of aromatic nitrogens is 2. The zero-order valence-corrected chi connectivity index (χ0v) is 7.97. The van der Waals surface area contributed by atoms with Gasteiger partial charge in [-0.05, 0) is 6.08 Å². The molecule has 0 spiro atoms. The predicted molar refractivity (Wildman–Crippen MR) is 51.5 cm³/mol. The van der Waals surface area contributed by atoms with E-state index in [2.05, 4.69) is 15.3 Å². The topological polar surface area (TPSA) is 92.2 Å². The van der Waals surface area contributed by atoms with E-state index in [1.807, 2.05) is 0 Å². The number of amides is 1. The van der Waals surface area contributed by atoms with Crippen LogP contribution in [0.25, 0.3) is 6.08 Å². The molecule has 1 amide bonds. The molecule has 1 rings (SSSR count). The molecular formula is C9H9N3O3. The maximum Gasteiger partial charge on any atom is 0.352 e. The summed E-state index contributed by atoms with van der Waals surface area (Å²) in [7, 11) is 0. The van der Waals surface area contributed by atoms with Gasteiger partial charge in [0.25, 0.3) is 0 Å². The van der Waals surface area contributed by atoms with E-state index in [9.17, 15) is 9.59 Å². The van der Waals surface area contributed by atoms with Gasteiger partial charge in [-0.25, -0.2) is 14.8 Å². The number of carboxylic acid groups (broad SMARTS) is 1. The molecule has 0 fully saturated rings. The number of carboxylic acids is 1. The first-order chi connectivity index (χ1) is 7.09. The third-order valence-corrected chi connectivity index (χ3v) is 1.43. The van der Waals surface area contributed by atoms with Crippen molar-refractivity contribution in [3.63, 3.8) is 0 Å². The first-order valence-electron chi connectivity index (χ1n) is 4.07. The van der Waals surface area contributed by atoms with Gasteiger partial charge in [-0.3, -0.25) is 4.79 Å². The van der Waals surface area contributed by atoms with Gasteiger partial charge >= 0.3 is 5.97 Å². The maximum atomic E-state index is 10.7. The van der Waals surface area contributed by atoms with Crippen molar-refractivity contribution in [2.75, 3.05) is 0 Å². The average molecular weight is 207 g/mol. The Morgan fingerprint density at radius 3 is 2.47 bits per heavy atom. The van der Waals surface area contributed by atoms with Crippen molar-refractivity contribution in [1.82, 2.24) is 15.3 Å². The monoisotopic (exact) mass is 207 g/mol. The molecule has 0 radical (unpaired) electrons. The Morgan fingerprint density at radius 2 is 2.00 bits per heavy atom. The van der Waals surface area contributed by atoms with E-state index < -0.39 is 11.9 Å². The maximum absolute atomic E-state index is 10.7. The van der Waals surface area contributed by atoms with Crippen LogP contribution in [0.15, 0.2) is 24.4 Å². The molecule has 15 heavy (non-hydrogen) atoms. The van der Waals surface area contributed by atoms with Crippen molar-refractivity contribution >= 4 is 18.0 Å². The number of nitrogens with zero attached hydrogens (tertiary/aromatic N) is 2. The molecule has 0 aromatic carbocycles. The Bertz CT molecular complexity index is 400. The molecule has 6 heteroatoms. The van der Waals surface area contributed by atoms with Gasteiger partial charge in [-0.2, -0.15) is 0 Å². The van der Waals surface area contributed by atoms with Gasteiger partial charge in [-0.1, -0.05) is 0 Å². The first-order valence-corrected chi connectivity index (χ1v) is 4.07. The Morgan fingerprint density at radius 1 is 1.40 bits per heavy atom. The van der Waals surface area contributed by atoms with Gasteiger partial charge in [0.15, 0.2) is 0 Å². The standard InChI is InChI=1S/C9H9N3O3/c1-6(13)12-8(9(14)15)2-7-3-10-5-11-4-7/h2-5H,1H3,(H,12,13)(H,14,15)/b8-2-. The lowest BCUT2D eigenvalue weighted by Gasteiger charge is -2.01. The zero-order valence-electron chi connectivity index (χ0n) is 7.97. The third kappa shape index (κ3) is 3.55. The highest BCUT2D eigenvalue weighted by Crippen LogP contribution is 2.01. The highest BCUT2D eigenvalue weighted by molar-refractivity contribution is 5.96. The number of aliphatic carboxylic acids is 1. The van der Waals surface area contributed by atoms with Crippen molar-refractivity contribution < 1.29 is 14.7 Å². The normalized spacial score (nSPS) is 10.9. The molecule has 0 aliphatic heterocycles. The molecule has 0 aliphatic carbocycles. The van der Waals surface area contributed by atoms with Crippen LogP contribution in [-0.4, -0.2) is 27.0 Å². The SMILES string of the molecule is CC(=O)N/C(=C\c1cncnc1)C(=O)O. The Balaban J connectivity index is 2.94. The van der Waals surface area contributed by atoms with Gasteiger partial charge in [0.1, 0.15) is 12.0 Å². The molecule has 1 aromatic heterocycles. The number of hydrogen-bond donors (Lipinski definition) is 2. The fraction of sp³-hybridized carbons (Fsp3) is 0.111. The summed E-state index contributed by atoms with van der Waals surface area (Å²) in [5, 5.41) is 11.0. The van der Waals surface area contributed by atoms with Crippen LogP contribution in [-0.2, 0) is 9.59 Å². The van der Waals surface area contributed by atoms with Crippen molar-refractivity contribution in [3.05, 3.63) is 30.0 Å². The molecule has 0 atom stereocenters. The molecule has 1 heterocycles. The van der Waals surface area contributed by atoms with Crippen LogP contribution in [0.5, 0.6) is 0 Å². The van der Waals surface area contributed by atoms with E-state index in [4.69, 9.17) is 5.11 Å². The van der Waals surface area contributed by atoms with Gasteiger partial charge in [0, 0.05) is 24.9 Å². The number of carbonyl (C=O) groups excluding carboxylic acids is 1. The molecular weight excluding hydrogens is 198 g/mol. The fourth-order valence-corrected chi connectivity index (χ4v) is 0.893. The van der Waals surface area contributed by atoms with Crippen LogP contribution in [0.2, 0.25) is 0 Å². The van der Waals surface area contributed by atoms with Crippen LogP contribution in [0.3, 0.4) is 0 Å². The summed E-state index contributed by atoms with van der Waals surface area (Å²) in [6, 6.07) is 0. The average Bonchev–Trinajstić information content (AvgIpc) is 2.17. The van der Waals surface area contributed by atoms with Crippen LogP contribution in [0.4, 0.5) is 0 Å². The van der Waals surface area contributed by atoms with Gasteiger partial charge in [-0.15, -0.1) is 0 Å². The summed E-state index contributed by atoms with van der Waals surface area (Å²) in [4.78, 5) is 28.8. The highest BCUT2D eigenvalue weighted by Gasteiger charge is 2.08. The van der Waals surface area contributed by atoms with E-state index in [1.54, 1.807) is 0 Å². The fourth-order valence-electron chi connectivity index (χ4n) is 0.893. The van der Waals surface area contributed by atoms with Crippen LogP contribution in [0.1, 0.15) is 12.5 Å². The second kappa shape index (κ2) is 4.85. The van der Waals surface area contributed by atoms with E-state index in [-0.39, 0.29) is 5.70 Å². The quantitative estimate of drug-likeness (QED) is 0.682. The summed E-state index contributed by atoms with van der Waals surface area (Å²) >= 11 is 0. The lowest BCUT2D eigenvalue weighted by Crippen LogP contribution is -2.24. The predicted octanol–water partition coefficient (Wildman–Crippen LogP) is 0.0382. The molecule has 6 nitrogen and oxygen atoms in total. The molecule has 0 saturated heterocycles. The molecule has 78 valence electrons. The minimum Gasteiger partial charge on any atom is -0.477 e. The molecule has 0 aliphatic rings. The third-order valence-electron chi connectivity index (χ3n) is 1.43. The number of carbonyl (C=O) groups is 2. The number of rotatable bonds is 3.